The van der Waals surface area contributed by atoms with Gasteiger partial charge in [0.2, 0.25) is 5.78 Å². The molecule has 0 radical (unpaired) electrons. The van der Waals surface area contributed by atoms with Crippen molar-refractivity contribution in [3.05, 3.63) is 65.7 Å². The highest BCUT2D eigenvalue weighted by Gasteiger charge is 2.24. The van der Waals surface area contributed by atoms with Gasteiger partial charge in [0.05, 0.1) is 7.11 Å². The Hall–Kier alpha value is -3.15. The number of benzene rings is 2. The van der Waals surface area contributed by atoms with Gasteiger partial charge in [-0.05, 0) is 50.2 Å². The van der Waals surface area contributed by atoms with Gasteiger partial charge in [-0.1, -0.05) is 18.2 Å². The van der Waals surface area contributed by atoms with E-state index in [9.17, 15) is 14.4 Å². The van der Waals surface area contributed by atoms with Gasteiger partial charge in [0.1, 0.15) is 11.8 Å². The zero-order valence-electron chi connectivity index (χ0n) is 14.9. The summed E-state index contributed by atoms with van der Waals surface area (Å²) in [5.41, 5.74) is 0.849. The predicted molar refractivity (Wildman–Crippen MR) is 96.2 cm³/mol. The molecule has 0 aliphatic carbocycles. The molecule has 0 aliphatic rings. The van der Waals surface area contributed by atoms with Gasteiger partial charge in [-0.25, -0.2) is 4.79 Å². The van der Waals surface area contributed by atoms with Crippen molar-refractivity contribution in [1.29, 1.82) is 0 Å². The van der Waals surface area contributed by atoms with Crippen molar-refractivity contribution in [3.8, 4) is 5.75 Å². The van der Waals surface area contributed by atoms with Crippen LogP contribution < -0.4 is 10.1 Å². The van der Waals surface area contributed by atoms with Crippen LogP contribution in [0.4, 0.5) is 0 Å². The third kappa shape index (κ3) is 4.92. The van der Waals surface area contributed by atoms with Crippen LogP contribution in [0.1, 0.15) is 34.6 Å². The van der Waals surface area contributed by atoms with Gasteiger partial charge in [0, 0.05) is 11.1 Å². The van der Waals surface area contributed by atoms with E-state index in [1.165, 1.54) is 21.0 Å². The molecule has 2 aromatic rings. The Morgan fingerprint density at radius 2 is 1.50 bits per heavy atom. The number of carbonyl (C=O) groups excluding carboxylic acids is 3. The maximum Gasteiger partial charge on any atom is 0.329 e. The summed E-state index contributed by atoms with van der Waals surface area (Å²) in [7, 11) is 1.53. The summed E-state index contributed by atoms with van der Waals surface area (Å²) in [5, 5.41) is 2.55. The number of rotatable bonds is 7. The minimum Gasteiger partial charge on any atom is -0.497 e. The fourth-order valence-electron chi connectivity index (χ4n) is 2.25. The highest BCUT2D eigenvalue weighted by molar-refractivity contribution is 6.01. The fourth-order valence-corrected chi connectivity index (χ4v) is 2.25. The van der Waals surface area contributed by atoms with Crippen molar-refractivity contribution in [2.45, 2.75) is 26.0 Å². The molecule has 6 heteroatoms. The number of amides is 1. The van der Waals surface area contributed by atoms with Crippen molar-refractivity contribution in [2.24, 2.45) is 0 Å². The van der Waals surface area contributed by atoms with Gasteiger partial charge in [-0.2, -0.15) is 0 Å². The highest BCUT2D eigenvalue weighted by atomic mass is 16.5. The lowest BCUT2D eigenvalue weighted by Crippen LogP contribution is -2.41. The predicted octanol–water partition coefficient (Wildman–Crippen LogP) is 2.63. The summed E-state index contributed by atoms with van der Waals surface area (Å²) < 4.78 is 10.2. The first-order valence-electron chi connectivity index (χ1n) is 8.17. The second kappa shape index (κ2) is 8.80. The van der Waals surface area contributed by atoms with E-state index in [1.54, 1.807) is 54.6 Å². The smallest absolute Gasteiger partial charge is 0.329 e. The van der Waals surface area contributed by atoms with Gasteiger partial charge in [0.15, 0.2) is 6.10 Å². The normalized spacial score (nSPS) is 12.6. The van der Waals surface area contributed by atoms with Gasteiger partial charge >= 0.3 is 5.97 Å². The van der Waals surface area contributed by atoms with Gasteiger partial charge in [0.25, 0.3) is 5.91 Å². The Morgan fingerprint density at radius 3 is 2.08 bits per heavy atom. The number of esters is 1. The standard InChI is InChI=1S/C20H21NO5/c1-13(21-19(23)16-7-5-4-6-8-16)20(24)26-14(2)18(22)15-9-11-17(25-3)12-10-15/h4-14H,1-3H3,(H,21,23)/t13-,14+/m0/s1. The molecule has 0 aromatic heterocycles. The first kappa shape index (κ1) is 19.2. The van der Waals surface area contributed by atoms with Crippen LogP contribution in [0.25, 0.3) is 0 Å². The van der Waals surface area contributed by atoms with Crippen LogP contribution >= 0.6 is 0 Å². The molecule has 1 N–H and O–H groups in total. The Labute approximate surface area is 152 Å². The number of hydrogen-bond donors (Lipinski definition) is 1. The topological polar surface area (TPSA) is 81.7 Å². The van der Waals surface area contributed by atoms with E-state index >= 15 is 0 Å². The van der Waals surface area contributed by atoms with E-state index in [0.717, 1.165) is 0 Å². The maximum absolute atomic E-state index is 12.3. The Kier molecular flexibility index (Phi) is 6.49. The number of carbonyl (C=O) groups is 3. The Balaban J connectivity index is 1.92. The molecule has 2 rings (SSSR count). The van der Waals surface area contributed by atoms with Crippen molar-refractivity contribution in [2.75, 3.05) is 7.11 Å². The third-order valence-corrected chi connectivity index (χ3v) is 3.77. The third-order valence-electron chi connectivity index (χ3n) is 3.77. The largest absolute Gasteiger partial charge is 0.497 e. The summed E-state index contributed by atoms with van der Waals surface area (Å²) in [6.45, 7) is 3.00. The van der Waals surface area contributed by atoms with E-state index in [2.05, 4.69) is 5.32 Å². The van der Waals surface area contributed by atoms with E-state index in [-0.39, 0.29) is 11.7 Å². The molecular formula is C20H21NO5. The maximum atomic E-state index is 12.3. The molecule has 0 unspecified atom stereocenters. The highest BCUT2D eigenvalue weighted by Crippen LogP contribution is 2.14. The molecule has 0 saturated carbocycles. The molecule has 2 aromatic carbocycles. The minimum absolute atomic E-state index is 0.331. The van der Waals surface area contributed by atoms with Crippen LogP contribution in [-0.4, -0.2) is 36.9 Å². The summed E-state index contributed by atoms with van der Waals surface area (Å²) in [5.74, 6) is -0.765. The van der Waals surface area contributed by atoms with Crippen LogP contribution in [0.3, 0.4) is 0 Å². The summed E-state index contributed by atoms with van der Waals surface area (Å²) in [6, 6.07) is 14.2. The lowest BCUT2D eigenvalue weighted by atomic mass is 10.1. The number of ketones is 1. The van der Waals surface area contributed by atoms with Crippen LogP contribution in [0.15, 0.2) is 54.6 Å². The summed E-state index contributed by atoms with van der Waals surface area (Å²) in [6.07, 6.45) is -0.966. The summed E-state index contributed by atoms with van der Waals surface area (Å²) in [4.78, 5) is 36.6. The average Bonchev–Trinajstić information content (AvgIpc) is 2.67. The van der Waals surface area contributed by atoms with Crippen molar-refractivity contribution in [3.63, 3.8) is 0 Å². The molecule has 0 heterocycles. The summed E-state index contributed by atoms with van der Waals surface area (Å²) >= 11 is 0. The van der Waals surface area contributed by atoms with Gasteiger partial charge in [-0.3, -0.25) is 9.59 Å². The van der Waals surface area contributed by atoms with Gasteiger partial charge < -0.3 is 14.8 Å². The molecule has 1 amide bonds. The second-order valence-electron chi connectivity index (χ2n) is 5.73. The van der Waals surface area contributed by atoms with Crippen molar-refractivity contribution < 1.29 is 23.9 Å². The molecule has 0 aliphatic heterocycles. The second-order valence-corrected chi connectivity index (χ2v) is 5.73. The monoisotopic (exact) mass is 355 g/mol. The molecule has 0 bridgehead atoms. The van der Waals surface area contributed by atoms with Crippen LogP contribution in [0.2, 0.25) is 0 Å². The van der Waals surface area contributed by atoms with Gasteiger partial charge in [-0.15, -0.1) is 0 Å². The van der Waals surface area contributed by atoms with Crippen molar-refractivity contribution >= 4 is 17.7 Å². The SMILES string of the molecule is COc1ccc(C(=O)[C@@H](C)OC(=O)[C@H](C)NC(=O)c2ccccc2)cc1. The first-order valence-corrected chi connectivity index (χ1v) is 8.17. The molecular weight excluding hydrogens is 334 g/mol. The van der Waals surface area contributed by atoms with Crippen LogP contribution in [0.5, 0.6) is 5.75 Å². The first-order chi connectivity index (χ1) is 12.4. The number of Topliss-reactive ketones (excluding diaryl/α,β-unsaturated/α-hetero) is 1. The molecule has 6 nitrogen and oxygen atoms in total. The number of ether oxygens (including phenoxy) is 2. The molecule has 2 atom stereocenters. The average molecular weight is 355 g/mol. The van der Waals surface area contributed by atoms with Crippen molar-refractivity contribution in [1.82, 2.24) is 5.32 Å². The Bertz CT molecular complexity index is 771. The minimum atomic E-state index is -0.966. The molecule has 26 heavy (non-hydrogen) atoms. The lowest BCUT2D eigenvalue weighted by molar-refractivity contribution is -0.148. The van der Waals surface area contributed by atoms with Crippen LogP contribution in [-0.2, 0) is 9.53 Å². The fraction of sp³-hybridized carbons (Fsp3) is 0.250. The molecule has 136 valence electrons. The molecule has 0 spiro atoms. The lowest BCUT2D eigenvalue weighted by Gasteiger charge is -2.17. The number of nitrogens with one attached hydrogen (secondary N) is 1. The number of methoxy groups -OCH3 is 1. The van der Waals surface area contributed by atoms with Crippen LogP contribution in [0, 0.1) is 0 Å². The van der Waals surface area contributed by atoms with E-state index in [0.29, 0.717) is 16.9 Å². The van der Waals surface area contributed by atoms with E-state index < -0.39 is 18.1 Å². The van der Waals surface area contributed by atoms with E-state index in [4.69, 9.17) is 9.47 Å². The Morgan fingerprint density at radius 1 is 0.885 bits per heavy atom. The quantitative estimate of drug-likeness (QED) is 0.610. The molecule has 0 fully saturated rings. The van der Waals surface area contributed by atoms with E-state index in [1.807, 2.05) is 0 Å². The molecule has 0 saturated heterocycles. The zero-order chi connectivity index (χ0) is 19.1. The zero-order valence-corrected chi connectivity index (χ0v) is 14.9. The number of hydrogen-bond acceptors (Lipinski definition) is 5.